The molecular weight excluding hydrogens is 248 g/mol. The molecular formula is C13H22N2O2S. The smallest absolute Gasteiger partial charge is 0.233 e. The molecule has 1 saturated heterocycles. The van der Waals surface area contributed by atoms with Crippen molar-refractivity contribution in [3.8, 4) is 0 Å². The summed E-state index contributed by atoms with van der Waals surface area (Å²) in [6.07, 6.45) is 4.67. The first-order valence-corrected chi connectivity index (χ1v) is 7.16. The highest BCUT2D eigenvalue weighted by atomic mass is 32.1. The molecule has 1 aliphatic heterocycles. The van der Waals surface area contributed by atoms with Crippen molar-refractivity contribution in [2.24, 2.45) is 17.1 Å². The van der Waals surface area contributed by atoms with Gasteiger partial charge in [0.2, 0.25) is 5.91 Å². The Balaban J connectivity index is 1.91. The van der Waals surface area contributed by atoms with Crippen molar-refractivity contribution in [1.29, 1.82) is 0 Å². The molecule has 5 heteroatoms. The second kappa shape index (κ2) is 5.53. The first-order chi connectivity index (χ1) is 8.56. The van der Waals surface area contributed by atoms with Gasteiger partial charge in [-0.3, -0.25) is 4.79 Å². The fourth-order valence-corrected chi connectivity index (χ4v) is 3.09. The van der Waals surface area contributed by atoms with Crippen molar-refractivity contribution in [2.45, 2.75) is 45.1 Å². The predicted octanol–water partition coefficient (Wildman–Crippen LogP) is 1.37. The SMILES string of the molecule is CC(NC(=O)C1(C(N)=S)CCC1)C1CCOCC1. The Labute approximate surface area is 114 Å². The molecule has 1 aliphatic carbocycles. The molecule has 1 saturated carbocycles. The molecule has 2 fully saturated rings. The Hall–Kier alpha value is -0.680. The fourth-order valence-electron chi connectivity index (χ4n) is 2.79. The van der Waals surface area contributed by atoms with Crippen LogP contribution in [0.2, 0.25) is 0 Å². The maximum atomic E-state index is 12.3. The molecule has 2 rings (SSSR count). The number of carbonyl (C=O) groups is 1. The number of ether oxygens (including phenoxy) is 1. The third kappa shape index (κ3) is 2.52. The largest absolute Gasteiger partial charge is 0.392 e. The summed E-state index contributed by atoms with van der Waals surface area (Å²) in [6.45, 7) is 3.66. The van der Waals surface area contributed by atoms with Crippen LogP contribution in [0.4, 0.5) is 0 Å². The molecule has 0 bridgehead atoms. The standard InChI is InChI=1S/C13H22N2O2S/c1-9(10-3-7-17-8-4-10)15-12(16)13(11(14)18)5-2-6-13/h9-10H,2-8H2,1H3,(H2,14,18)(H,15,16). The van der Waals surface area contributed by atoms with Crippen LogP contribution >= 0.6 is 12.2 Å². The molecule has 18 heavy (non-hydrogen) atoms. The van der Waals surface area contributed by atoms with E-state index in [0.717, 1.165) is 45.3 Å². The Morgan fingerprint density at radius 1 is 1.44 bits per heavy atom. The molecule has 0 aromatic heterocycles. The summed E-state index contributed by atoms with van der Waals surface area (Å²) in [4.78, 5) is 12.7. The number of nitrogens with two attached hydrogens (primary N) is 1. The number of amides is 1. The lowest BCUT2D eigenvalue weighted by Crippen LogP contribution is -2.56. The molecule has 1 heterocycles. The molecule has 4 nitrogen and oxygen atoms in total. The number of hydrogen-bond donors (Lipinski definition) is 2. The molecule has 0 radical (unpaired) electrons. The normalized spacial score (nSPS) is 24.9. The summed E-state index contributed by atoms with van der Waals surface area (Å²) >= 11 is 5.06. The first kappa shape index (κ1) is 13.7. The van der Waals surface area contributed by atoms with Crippen LogP contribution in [0.5, 0.6) is 0 Å². The van der Waals surface area contributed by atoms with E-state index < -0.39 is 5.41 Å². The van der Waals surface area contributed by atoms with Gasteiger partial charge in [0.1, 0.15) is 0 Å². The summed E-state index contributed by atoms with van der Waals surface area (Å²) in [5.41, 5.74) is 5.18. The van der Waals surface area contributed by atoms with E-state index in [9.17, 15) is 4.79 Å². The van der Waals surface area contributed by atoms with Crippen LogP contribution in [0.15, 0.2) is 0 Å². The lowest BCUT2D eigenvalue weighted by molar-refractivity contribution is -0.132. The zero-order valence-corrected chi connectivity index (χ0v) is 11.7. The lowest BCUT2D eigenvalue weighted by atomic mass is 9.67. The zero-order valence-electron chi connectivity index (χ0n) is 10.9. The van der Waals surface area contributed by atoms with E-state index in [0.29, 0.717) is 10.9 Å². The quantitative estimate of drug-likeness (QED) is 0.757. The number of nitrogens with one attached hydrogen (secondary N) is 1. The van der Waals surface area contributed by atoms with E-state index in [1.54, 1.807) is 0 Å². The highest BCUT2D eigenvalue weighted by Gasteiger charge is 2.47. The van der Waals surface area contributed by atoms with Crippen molar-refractivity contribution in [3.05, 3.63) is 0 Å². The first-order valence-electron chi connectivity index (χ1n) is 6.75. The Kier molecular flexibility index (Phi) is 4.22. The van der Waals surface area contributed by atoms with Crippen molar-refractivity contribution >= 4 is 23.1 Å². The molecule has 0 aromatic rings. The van der Waals surface area contributed by atoms with Crippen LogP contribution in [-0.4, -0.2) is 30.2 Å². The number of thiocarbonyl (C=S) groups is 1. The van der Waals surface area contributed by atoms with Crippen LogP contribution in [0.3, 0.4) is 0 Å². The summed E-state index contributed by atoms with van der Waals surface area (Å²) < 4.78 is 5.34. The van der Waals surface area contributed by atoms with E-state index in [1.165, 1.54) is 0 Å². The molecule has 1 unspecified atom stereocenters. The lowest BCUT2D eigenvalue weighted by Gasteiger charge is -2.40. The third-order valence-electron chi connectivity index (χ3n) is 4.45. The minimum Gasteiger partial charge on any atom is -0.392 e. The number of hydrogen-bond acceptors (Lipinski definition) is 3. The van der Waals surface area contributed by atoms with E-state index in [4.69, 9.17) is 22.7 Å². The summed E-state index contributed by atoms with van der Waals surface area (Å²) in [6, 6.07) is 0.174. The van der Waals surface area contributed by atoms with E-state index in [1.807, 2.05) is 0 Å². The third-order valence-corrected chi connectivity index (χ3v) is 4.84. The van der Waals surface area contributed by atoms with Crippen LogP contribution in [0.25, 0.3) is 0 Å². The Bertz CT molecular complexity index is 336. The van der Waals surface area contributed by atoms with Gasteiger partial charge in [0.25, 0.3) is 0 Å². The van der Waals surface area contributed by atoms with Crippen LogP contribution in [0.1, 0.15) is 39.0 Å². The monoisotopic (exact) mass is 270 g/mol. The maximum Gasteiger partial charge on any atom is 0.233 e. The van der Waals surface area contributed by atoms with Crippen LogP contribution < -0.4 is 11.1 Å². The minimum atomic E-state index is -0.561. The Morgan fingerprint density at radius 2 is 2.06 bits per heavy atom. The average Bonchev–Trinajstić information content (AvgIpc) is 2.28. The number of rotatable bonds is 4. The topological polar surface area (TPSA) is 64.4 Å². The second-order valence-corrected chi connectivity index (χ2v) is 5.95. The highest BCUT2D eigenvalue weighted by molar-refractivity contribution is 7.80. The average molecular weight is 270 g/mol. The van der Waals surface area contributed by atoms with Gasteiger partial charge in [0, 0.05) is 19.3 Å². The van der Waals surface area contributed by atoms with Gasteiger partial charge < -0.3 is 15.8 Å². The van der Waals surface area contributed by atoms with Crippen molar-refractivity contribution in [3.63, 3.8) is 0 Å². The maximum absolute atomic E-state index is 12.3. The van der Waals surface area contributed by atoms with Gasteiger partial charge in [-0.1, -0.05) is 18.6 Å². The predicted molar refractivity (Wildman–Crippen MR) is 74.2 cm³/mol. The number of carbonyl (C=O) groups excluding carboxylic acids is 1. The van der Waals surface area contributed by atoms with E-state index in [-0.39, 0.29) is 11.9 Å². The van der Waals surface area contributed by atoms with Gasteiger partial charge in [0.05, 0.1) is 10.4 Å². The van der Waals surface area contributed by atoms with Crippen molar-refractivity contribution in [2.75, 3.05) is 13.2 Å². The molecule has 1 amide bonds. The molecule has 3 N–H and O–H groups in total. The van der Waals surface area contributed by atoms with Crippen LogP contribution in [0, 0.1) is 11.3 Å². The van der Waals surface area contributed by atoms with Gasteiger partial charge in [-0.2, -0.15) is 0 Å². The van der Waals surface area contributed by atoms with Gasteiger partial charge in [-0.25, -0.2) is 0 Å². The van der Waals surface area contributed by atoms with Crippen molar-refractivity contribution < 1.29 is 9.53 Å². The van der Waals surface area contributed by atoms with Gasteiger partial charge >= 0.3 is 0 Å². The summed E-state index contributed by atoms with van der Waals surface area (Å²) in [5, 5.41) is 3.11. The second-order valence-electron chi connectivity index (χ2n) is 5.51. The highest BCUT2D eigenvalue weighted by Crippen LogP contribution is 2.41. The van der Waals surface area contributed by atoms with Gasteiger partial charge in [0.15, 0.2) is 0 Å². The van der Waals surface area contributed by atoms with E-state index in [2.05, 4.69) is 12.2 Å². The van der Waals surface area contributed by atoms with E-state index >= 15 is 0 Å². The molecule has 0 aromatic carbocycles. The zero-order chi connectivity index (χ0) is 13.2. The fraction of sp³-hybridized carbons (Fsp3) is 0.846. The van der Waals surface area contributed by atoms with Gasteiger partial charge in [-0.05, 0) is 38.5 Å². The summed E-state index contributed by atoms with van der Waals surface area (Å²) in [5.74, 6) is 0.534. The molecule has 2 aliphatic rings. The minimum absolute atomic E-state index is 0.0280. The molecule has 102 valence electrons. The van der Waals surface area contributed by atoms with Crippen molar-refractivity contribution in [1.82, 2.24) is 5.32 Å². The van der Waals surface area contributed by atoms with Gasteiger partial charge in [-0.15, -0.1) is 0 Å². The summed E-state index contributed by atoms with van der Waals surface area (Å²) in [7, 11) is 0. The Morgan fingerprint density at radius 3 is 2.50 bits per heavy atom. The van der Waals surface area contributed by atoms with Crippen LogP contribution in [-0.2, 0) is 9.53 Å². The molecule has 0 spiro atoms. The molecule has 1 atom stereocenters.